The van der Waals surface area contributed by atoms with E-state index in [1.165, 1.54) is 0 Å². The summed E-state index contributed by atoms with van der Waals surface area (Å²) >= 11 is 3.18. The lowest BCUT2D eigenvalue weighted by atomic mass is 10.0. The third-order valence-electron chi connectivity index (χ3n) is 2.00. The molecule has 0 spiro atoms. The number of nitrogens with two attached hydrogens (primary N) is 1. The number of hydrogen-bond donors (Lipinski definition) is 2. The van der Waals surface area contributed by atoms with E-state index in [1.807, 2.05) is 6.92 Å². The summed E-state index contributed by atoms with van der Waals surface area (Å²) in [4.78, 5) is 11.3. The number of carbonyl (C=O) groups is 1. The van der Waals surface area contributed by atoms with Crippen molar-refractivity contribution in [3.8, 4) is 0 Å². The van der Waals surface area contributed by atoms with Gasteiger partial charge in [-0.1, -0.05) is 22.9 Å². The van der Waals surface area contributed by atoms with Crippen LogP contribution in [0.2, 0.25) is 0 Å². The van der Waals surface area contributed by atoms with Gasteiger partial charge in [0.1, 0.15) is 10.9 Å². The molecule has 0 rings (SSSR count). The van der Waals surface area contributed by atoms with Gasteiger partial charge in [-0.05, 0) is 20.3 Å². The standard InChI is InChI=1S/C9H18BrNO3/c1-4-9(11,5-12)6-14-7(13)8(2,3)10/h12H,4-6,11H2,1-3H3. The van der Waals surface area contributed by atoms with E-state index < -0.39 is 9.86 Å². The Bertz CT molecular complexity index is 197. The van der Waals surface area contributed by atoms with Crippen molar-refractivity contribution in [3.05, 3.63) is 0 Å². The van der Waals surface area contributed by atoms with Crippen molar-refractivity contribution in [2.75, 3.05) is 13.2 Å². The summed E-state index contributed by atoms with van der Waals surface area (Å²) in [6.45, 7) is 5.06. The van der Waals surface area contributed by atoms with E-state index in [0.29, 0.717) is 6.42 Å². The third kappa shape index (κ3) is 4.39. The van der Waals surface area contributed by atoms with Crippen LogP contribution in [0, 0.1) is 0 Å². The summed E-state index contributed by atoms with van der Waals surface area (Å²) in [5.41, 5.74) is 4.92. The molecular weight excluding hydrogens is 250 g/mol. The molecule has 0 aromatic heterocycles. The van der Waals surface area contributed by atoms with E-state index in [2.05, 4.69) is 15.9 Å². The Morgan fingerprint density at radius 2 is 2.07 bits per heavy atom. The highest BCUT2D eigenvalue weighted by Crippen LogP contribution is 2.18. The zero-order valence-electron chi connectivity index (χ0n) is 8.84. The molecule has 0 fully saturated rings. The number of halogens is 1. The Kier molecular flexibility index (Phi) is 5.05. The predicted octanol–water partition coefficient (Wildman–Crippen LogP) is 0.803. The van der Waals surface area contributed by atoms with Crippen LogP contribution in [0.4, 0.5) is 0 Å². The van der Waals surface area contributed by atoms with E-state index >= 15 is 0 Å². The highest BCUT2D eigenvalue weighted by molar-refractivity contribution is 9.10. The van der Waals surface area contributed by atoms with Crippen LogP contribution in [0.15, 0.2) is 0 Å². The van der Waals surface area contributed by atoms with Gasteiger partial charge in [-0.3, -0.25) is 4.79 Å². The summed E-state index contributed by atoms with van der Waals surface area (Å²) in [6, 6.07) is 0. The zero-order chi connectivity index (χ0) is 11.4. The lowest BCUT2D eigenvalue weighted by molar-refractivity contribution is -0.147. The molecule has 0 aromatic carbocycles. The van der Waals surface area contributed by atoms with Crippen LogP contribution >= 0.6 is 15.9 Å². The number of hydrogen-bond acceptors (Lipinski definition) is 4. The predicted molar refractivity (Wildman–Crippen MR) is 58.3 cm³/mol. The number of rotatable bonds is 5. The first-order chi connectivity index (χ1) is 6.25. The molecule has 4 nitrogen and oxygen atoms in total. The number of alkyl halides is 1. The Hall–Kier alpha value is -0.130. The fraction of sp³-hybridized carbons (Fsp3) is 0.889. The minimum absolute atomic E-state index is 0.0356. The van der Waals surface area contributed by atoms with E-state index in [-0.39, 0.29) is 19.2 Å². The molecule has 14 heavy (non-hydrogen) atoms. The molecule has 84 valence electrons. The lowest BCUT2D eigenvalue weighted by Crippen LogP contribution is -2.48. The van der Waals surface area contributed by atoms with E-state index in [4.69, 9.17) is 15.6 Å². The van der Waals surface area contributed by atoms with Crippen LogP contribution in [0.1, 0.15) is 27.2 Å². The second-order valence-electron chi connectivity index (χ2n) is 3.92. The van der Waals surface area contributed by atoms with Crippen molar-refractivity contribution < 1.29 is 14.6 Å². The normalized spacial score (nSPS) is 16.1. The molecule has 0 aromatic rings. The van der Waals surface area contributed by atoms with Crippen molar-refractivity contribution in [1.29, 1.82) is 0 Å². The monoisotopic (exact) mass is 267 g/mol. The molecular formula is C9H18BrNO3. The average Bonchev–Trinajstić information content (AvgIpc) is 2.12. The van der Waals surface area contributed by atoms with E-state index in [1.54, 1.807) is 13.8 Å². The minimum atomic E-state index is -0.825. The molecule has 5 heteroatoms. The van der Waals surface area contributed by atoms with Crippen LogP contribution in [0.3, 0.4) is 0 Å². The second-order valence-corrected chi connectivity index (χ2v) is 5.91. The molecule has 0 saturated heterocycles. The van der Waals surface area contributed by atoms with Crippen LogP contribution in [0.5, 0.6) is 0 Å². The van der Waals surface area contributed by atoms with Crippen LogP contribution in [-0.4, -0.2) is 34.2 Å². The molecule has 0 aliphatic heterocycles. The minimum Gasteiger partial charge on any atom is -0.463 e. The molecule has 0 aliphatic rings. The van der Waals surface area contributed by atoms with Gasteiger partial charge < -0.3 is 15.6 Å². The molecule has 0 bridgehead atoms. The van der Waals surface area contributed by atoms with Crippen molar-refractivity contribution in [2.24, 2.45) is 5.73 Å². The Balaban J connectivity index is 4.12. The number of aliphatic hydroxyl groups is 1. The Morgan fingerprint density at radius 3 is 2.36 bits per heavy atom. The fourth-order valence-electron chi connectivity index (χ4n) is 0.640. The first-order valence-corrected chi connectivity index (χ1v) is 5.30. The molecule has 3 N–H and O–H groups in total. The maximum absolute atomic E-state index is 11.3. The first kappa shape index (κ1) is 13.9. The van der Waals surface area contributed by atoms with Gasteiger partial charge in [-0.25, -0.2) is 0 Å². The van der Waals surface area contributed by atoms with Gasteiger partial charge in [0.2, 0.25) is 0 Å². The average molecular weight is 268 g/mol. The highest BCUT2D eigenvalue weighted by Gasteiger charge is 2.29. The zero-order valence-corrected chi connectivity index (χ0v) is 10.4. The fourth-order valence-corrected chi connectivity index (χ4v) is 0.755. The lowest BCUT2D eigenvalue weighted by Gasteiger charge is -2.26. The quantitative estimate of drug-likeness (QED) is 0.571. The number of carbonyl (C=O) groups excluding carboxylic acids is 1. The van der Waals surface area contributed by atoms with E-state index in [9.17, 15) is 4.79 Å². The van der Waals surface area contributed by atoms with Crippen molar-refractivity contribution in [2.45, 2.75) is 37.1 Å². The highest BCUT2D eigenvalue weighted by atomic mass is 79.9. The summed E-state index contributed by atoms with van der Waals surface area (Å²) in [6.07, 6.45) is 0.555. The van der Waals surface area contributed by atoms with Gasteiger partial charge >= 0.3 is 5.97 Å². The van der Waals surface area contributed by atoms with Gasteiger partial charge in [0.25, 0.3) is 0 Å². The number of ether oxygens (including phenoxy) is 1. The van der Waals surface area contributed by atoms with Crippen molar-refractivity contribution in [3.63, 3.8) is 0 Å². The molecule has 0 aliphatic carbocycles. The summed E-state index contributed by atoms with van der Waals surface area (Å²) < 4.78 is 4.27. The van der Waals surface area contributed by atoms with Crippen LogP contribution in [-0.2, 0) is 9.53 Å². The Labute approximate surface area is 92.9 Å². The molecule has 0 heterocycles. The molecule has 1 atom stereocenters. The maximum atomic E-state index is 11.3. The topological polar surface area (TPSA) is 72.6 Å². The molecule has 0 amide bonds. The van der Waals surface area contributed by atoms with Crippen LogP contribution < -0.4 is 5.73 Å². The smallest absolute Gasteiger partial charge is 0.322 e. The summed E-state index contributed by atoms with van der Waals surface area (Å²) in [5.74, 6) is -0.380. The Morgan fingerprint density at radius 1 is 1.57 bits per heavy atom. The summed E-state index contributed by atoms with van der Waals surface area (Å²) in [7, 11) is 0. The second kappa shape index (κ2) is 5.09. The third-order valence-corrected chi connectivity index (χ3v) is 2.32. The number of esters is 1. The first-order valence-electron chi connectivity index (χ1n) is 4.51. The SMILES string of the molecule is CCC(N)(CO)COC(=O)C(C)(C)Br. The van der Waals surface area contributed by atoms with Gasteiger partial charge in [0, 0.05) is 0 Å². The van der Waals surface area contributed by atoms with Crippen molar-refractivity contribution >= 4 is 21.9 Å². The van der Waals surface area contributed by atoms with Crippen molar-refractivity contribution in [1.82, 2.24) is 0 Å². The number of aliphatic hydroxyl groups excluding tert-OH is 1. The summed E-state index contributed by atoms with van der Waals surface area (Å²) in [5, 5.41) is 8.97. The van der Waals surface area contributed by atoms with E-state index in [0.717, 1.165) is 0 Å². The molecule has 0 radical (unpaired) electrons. The molecule has 0 saturated carbocycles. The van der Waals surface area contributed by atoms with Gasteiger partial charge in [-0.15, -0.1) is 0 Å². The maximum Gasteiger partial charge on any atom is 0.322 e. The van der Waals surface area contributed by atoms with Gasteiger partial charge in [0.05, 0.1) is 12.1 Å². The largest absolute Gasteiger partial charge is 0.463 e. The van der Waals surface area contributed by atoms with Crippen LogP contribution in [0.25, 0.3) is 0 Å². The van der Waals surface area contributed by atoms with Gasteiger partial charge in [0.15, 0.2) is 0 Å². The molecule has 1 unspecified atom stereocenters. The van der Waals surface area contributed by atoms with Gasteiger partial charge in [-0.2, -0.15) is 0 Å².